The van der Waals surface area contributed by atoms with Gasteiger partial charge in [0.15, 0.2) is 17.9 Å². The molecule has 1 aliphatic carbocycles. The molecule has 0 amide bonds. The van der Waals surface area contributed by atoms with Crippen molar-refractivity contribution >= 4 is 5.97 Å². The smallest absolute Gasteiger partial charge is 0.311 e. The summed E-state index contributed by atoms with van der Waals surface area (Å²) in [6.07, 6.45) is 2.53. The molecule has 5 aliphatic rings. The van der Waals surface area contributed by atoms with Crippen LogP contribution in [0.3, 0.4) is 0 Å². The summed E-state index contributed by atoms with van der Waals surface area (Å²) in [5.41, 5.74) is -0.897. The van der Waals surface area contributed by atoms with Crippen LogP contribution in [0.4, 0.5) is 0 Å². The van der Waals surface area contributed by atoms with E-state index in [0.717, 1.165) is 25.7 Å². The molecule has 0 aromatic heterocycles. The van der Waals surface area contributed by atoms with Crippen molar-refractivity contribution in [2.75, 3.05) is 26.8 Å². The van der Waals surface area contributed by atoms with Crippen LogP contribution in [0.2, 0.25) is 0 Å². The minimum atomic E-state index is -0.775. The summed E-state index contributed by atoms with van der Waals surface area (Å²) < 4.78 is 37.1. The van der Waals surface area contributed by atoms with Gasteiger partial charge in [-0.05, 0) is 54.5 Å². The van der Waals surface area contributed by atoms with Crippen LogP contribution in [0.5, 0.6) is 0 Å². The summed E-state index contributed by atoms with van der Waals surface area (Å²) >= 11 is 0. The number of carbonyl (C=O) groups excluding carboxylic acids is 1. The zero-order valence-corrected chi connectivity index (χ0v) is 19.6. The molecule has 31 heavy (non-hydrogen) atoms. The molecule has 4 heterocycles. The van der Waals surface area contributed by atoms with Crippen LogP contribution in [0.15, 0.2) is 0 Å². The third-order valence-electron chi connectivity index (χ3n) is 8.10. The lowest BCUT2D eigenvalue weighted by Crippen LogP contribution is -2.57. The minimum absolute atomic E-state index is 0.158. The van der Waals surface area contributed by atoms with Gasteiger partial charge in [0.25, 0.3) is 0 Å². The van der Waals surface area contributed by atoms with E-state index in [9.17, 15) is 4.79 Å². The highest BCUT2D eigenvalue weighted by molar-refractivity contribution is 5.77. The van der Waals surface area contributed by atoms with Crippen molar-refractivity contribution in [3.8, 4) is 0 Å². The normalized spacial score (nSPS) is 45.0. The molecule has 0 radical (unpaired) electrons. The fourth-order valence-corrected chi connectivity index (χ4v) is 7.13. The first kappa shape index (κ1) is 22.0. The number of likely N-dealkylation sites (tertiary alicyclic amines) is 1. The molecule has 2 spiro atoms. The zero-order chi connectivity index (χ0) is 22.2. The third kappa shape index (κ3) is 3.13. The van der Waals surface area contributed by atoms with Crippen molar-refractivity contribution in [3.05, 3.63) is 0 Å². The molecule has 0 N–H and O–H groups in total. The van der Waals surface area contributed by atoms with E-state index in [2.05, 4.69) is 11.9 Å². The average molecular weight is 440 g/mol. The van der Waals surface area contributed by atoms with Gasteiger partial charge in [-0.2, -0.15) is 0 Å². The number of carbonyl (C=O) groups is 1. The molecular formula is C23H37NO7. The fraction of sp³-hybridized carbons (Fsp3) is 0.957. The van der Waals surface area contributed by atoms with E-state index in [4.69, 9.17) is 28.4 Å². The Morgan fingerprint density at radius 2 is 1.74 bits per heavy atom. The van der Waals surface area contributed by atoms with E-state index >= 15 is 0 Å². The monoisotopic (exact) mass is 439 g/mol. The van der Waals surface area contributed by atoms with Gasteiger partial charge in [-0.3, -0.25) is 9.69 Å². The fourth-order valence-electron chi connectivity index (χ4n) is 7.13. The van der Waals surface area contributed by atoms with E-state index in [1.54, 1.807) is 0 Å². The number of rotatable bonds is 3. The maximum absolute atomic E-state index is 13.7. The van der Waals surface area contributed by atoms with Crippen LogP contribution in [-0.2, 0) is 33.2 Å². The van der Waals surface area contributed by atoms with Crippen molar-refractivity contribution in [1.82, 2.24) is 4.90 Å². The highest BCUT2D eigenvalue weighted by Gasteiger charge is 2.77. The second kappa shape index (κ2) is 7.11. The maximum atomic E-state index is 13.7. The Hall–Kier alpha value is -0.770. The summed E-state index contributed by atoms with van der Waals surface area (Å²) in [5, 5.41) is 0. The standard InChI is InChI=1S/C23H37NO7/c1-7-26-18(25)15-22(10-8-9-11-22)24(6)13-23(15)16(14-12-27-20(2,3)29-14)28-19-17(23)30-21(4,5)31-19/h14-17,19H,7-13H2,1-6H3/t14-,15+,16+,17-,19+,23-/m0/s1. The van der Waals surface area contributed by atoms with Gasteiger partial charge in [0.05, 0.1) is 30.7 Å². The number of ether oxygens (including phenoxy) is 6. The summed E-state index contributed by atoms with van der Waals surface area (Å²) in [6, 6.07) is 0. The number of nitrogens with zero attached hydrogens (tertiary/aromatic N) is 1. The first-order chi connectivity index (χ1) is 14.5. The number of fused-ring (bicyclic) bond motifs is 2. The van der Waals surface area contributed by atoms with E-state index in [-0.39, 0.29) is 29.6 Å². The molecule has 0 unspecified atom stereocenters. The molecule has 4 aliphatic heterocycles. The lowest BCUT2D eigenvalue weighted by Gasteiger charge is -2.43. The maximum Gasteiger partial charge on any atom is 0.311 e. The highest BCUT2D eigenvalue weighted by Crippen LogP contribution is 2.64. The molecule has 5 rings (SSSR count). The largest absolute Gasteiger partial charge is 0.466 e. The molecule has 6 atom stereocenters. The number of hydrogen-bond donors (Lipinski definition) is 0. The molecule has 4 saturated heterocycles. The highest BCUT2D eigenvalue weighted by atomic mass is 16.8. The van der Waals surface area contributed by atoms with E-state index in [1.165, 1.54) is 0 Å². The summed E-state index contributed by atoms with van der Waals surface area (Å²) in [5.74, 6) is -2.00. The van der Waals surface area contributed by atoms with Gasteiger partial charge in [-0.25, -0.2) is 0 Å². The van der Waals surface area contributed by atoms with Crippen LogP contribution in [0.1, 0.15) is 60.3 Å². The third-order valence-corrected chi connectivity index (χ3v) is 8.10. The first-order valence-electron chi connectivity index (χ1n) is 11.8. The molecule has 0 aromatic carbocycles. The zero-order valence-electron chi connectivity index (χ0n) is 19.6. The van der Waals surface area contributed by atoms with Crippen molar-refractivity contribution in [2.45, 2.75) is 102 Å². The van der Waals surface area contributed by atoms with Gasteiger partial charge >= 0.3 is 5.97 Å². The summed E-state index contributed by atoms with van der Waals surface area (Å²) in [6.45, 7) is 10.9. The molecule has 8 nitrogen and oxygen atoms in total. The van der Waals surface area contributed by atoms with Crippen LogP contribution in [0.25, 0.3) is 0 Å². The molecule has 5 fully saturated rings. The molecule has 8 heteroatoms. The number of hydrogen-bond acceptors (Lipinski definition) is 8. The molecule has 0 bridgehead atoms. The van der Waals surface area contributed by atoms with Gasteiger partial charge < -0.3 is 28.4 Å². The van der Waals surface area contributed by atoms with E-state index in [1.807, 2.05) is 34.6 Å². The van der Waals surface area contributed by atoms with Crippen LogP contribution in [-0.4, -0.2) is 79.4 Å². The SMILES string of the molecule is CCOC(=O)[C@@H]1C2(CCCC2)N(C)C[C@@]12[C@@H]([C@@H]1COC(C)(C)O1)O[C@@H]1OC(C)(C)O[C@@H]12. The van der Waals surface area contributed by atoms with Gasteiger partial charge in [-0.15, -0.1) is 0 Å². The van der Waals surface area contributed by atoms with Gasteiger partial charge in [0.2, 0.25) is 0 Å². The average Bonchev–Trinajstić information content (AvgIpc) is 3.43. The molecular weight excluding hydrogens is 402 g/mol. The Bertz CT molecular complexity index is 733. The summed E-state index contributed by atoms with van der Waals surface area (Å²) in [4.78, 5) is 16.0. The molecule has 0 aromatic rings. The second-order valence-electron chi connectivity index (χ2n) is 10.8. The first-order valence-corrected chi connectivity index (χ1v) is 11.8. The topological polar surface area (TPSA) is 75.7 Å². The lowest BCUT2D eigenvalue weighted by atomic mass is 9.63. The van der Waals surface area contributed by atoms with Gasteiger partial charge in [-0.1, -0.05) is 12.8 Å². The predicted octanol–water partition coefficient (Wildman–Crippen LogP) is 2.44. The second-order valence-corrected chi connectivity index (χ2v) is 10.8. The quantitative estimate of drug-likeness (QED) is 0.621. The van der Waals surface area contributed by atoms with Crippen molar-refractivity contribution in [3.63, 3.8) is 0 Å². The lowest BCUT2D eigenvalue weighted by molar-refractivity contribution is -0.241. The summed E-state index contributed by atoms with van der Waals surface area (Å²) in [7, 11) is 2.13. The Balaban J connectivity index is 1.62. The molecule has 176 valence electrons. The van der Waals surface area contributed by atoms with Crippen molar-refractivity contribution < 1.29 is 33.2 Å². The van der Waals surface area contributed by atoms with E-state index in [0.29, 0.717) is 19.8 Å². The number of esters is 1. The Labute approximate surface area is 184 Å². The van der Waals surface area contributed by atoms with Gasteiger partial charge in [0, 0.05) is 12.1 Å². The van der Waals surface area contributed by atoms with E-state index < -0.39 is 29.4 Å². The van der Waals surface area contributed by atoms with Crippen LogP contribution in [0, 0.1) is 11.3 Å². The van der Waals surface area contributed by atoms with Crippen molar-refractivity contribution in [2.24, 2.45) is 11.3 Å². The van der Waals surface area contributed by atoms with Gasteiger partial charge in [0.1, 0.15) is 12.2 Å². The van der Waals surface area contributed by atoms with Crippen LogP contribution >= 0.6 is 0 Å². The van der Waals surface area contributed by atoms with Crippen molar-refractivity contribution in [1.29, 1.82) is 0 Å². The Kier molecular flexibility index (Phi) is 5.06. The minimum Gasteiger partial charge on any atom is -0.466 e. The molecule has 1 saturated carbocycles. The Morgan fingerprint density at radius 3 is 2.35 bits per heavy atom. The Morgan fingerprint density at radius 1 is 1.03 bits per heavy atom. The predicted molar refractivity (Wildman–Crippen MR) is 110 cm³/mol. The van der Waals surface area contributed by atoms with Crippen LogP contribution < -0.4 is 0 Å².